The van der Waals surface area contributed by atoms with Gasteiger partial charge in [-0.15, -0.1) is 10.2 Å². The highest BCUT2D eigenvalue weighted by atomic mass is 35.5. The van der Waals surface area contributed by atoms with Crippen LogP contribution in [0, 0.1) is 12.7 Å². The number of ketones is 1. The summed E-state index contributed by atoms with van der Waals surface area (Å²) in [7, 11) is 0. The van der Waals surface area contributed by atoms with Gasteiger partial charge in [0.15, 0.2) is 4.34 Å². The Morgan fingerprint density at radius 2 is 1.73 bits per heavy atom. The van der Waals surface area contributed by atoms with E-state index in [-0.39, 0.29) is 21.8 Å². The molecular weight excluding hydrogens is 633 g/mol. The fourth-order valence-corrected chi connectivity index (χ4v) is 6.89. The minimum Gasteiger partial charge on any atom is -0.507 e. The number of nitrogens with zero attached hydrogens (tertiary/aromatic N) is 3. The maximum absolute atomic E-state index is 15.3. The van der Waals surface area contributed by atoms with Gasteiger partial charge in [-0.1, -0.05) is 94.9 Å². The Hall–Kier alpha value is -4.51. The van der Waals surface area contributed by atoms with Crippen LogP contribution < -0.4 is 9.64 Å². The first-order valence-corrected chi connectivity index (χ1v) is 16.0. The number of ether oxygens (including phenoxy) is 1. The zero-order valence-corrected chi connectivity index (χ0v) is 26.2. The van der Waals surface area contributed by atoms with Crippen LogP contribution in [-0.4, -0.2) is 27.0 Å². The maximum atomic E-state index is 15.3. The molecule has 1 aliphatic heterocycles. The summed E-state index contributed by atoms with van der Waals surface area (Å²) in [5.74, 6) is -1.83. The van der Waals surface area contributed by atoms with Gasteiger partial charge in [0, 0.05) is 21.9 Å². The number of amides is 1. The molecule has 7 nitrogen and oxygen atoms in total. The second-order valence-corrected chi connectivity index (χ2v) is 12.9. The normalized spacial score (nSPS) is 15.9. The molecule has 0 saturated carbocycles. The summed E-state index contributed by atoms with van der Waals surface area (Å²) in [6.45, 7) is 2.36. The molecule has 5 aromatic rings. The van der Waals surface area contributed by atoms with Gasteiger partial charge in [-0.3, -0.25) is 14.5 Å². The lowest BCUT2D eigenvalue weighted by molar-refractivity contribution is -0.132. The first-order valence-electron chi connectivity index (χ1n) is 13.8. The Morgan fingerprint density at radius 3 is 2.47 bits per heavy atom. The molecule has 4 aromatic carbocycles. The fourth-order valence-electron chi connectivity index (χ4n) is 4.94. The van der Waals surface area contributed by atoms with Crippen LogP contribution in [0.2, 0.25) is 5.02 Å². The molecule has 1 atom stereocenters. The number of rotatable bonds is 9. The van der Waals surface area contributed by atoms with Gasteiger partial charge >= 0.3 is 5.91 Å². The van der Waals surface area contributed by atoms with Gasteiger partial charge in [0.25, 0.3) is 5.78 Å². The van der Waals surface area contributed by atoms with Crippen LogP contribution in [0.25, 0.3) is 5.76 Å². The van der Waals surface area contributed by atoms with Gasteiger partial charge in [-0.25, -0.2) is 4.39 Å². The van der Waals surface area contributed by atoms with Gasteiger partial charge in [-0.05, 0) is 60.5 Å². The van der Waals surface area contributed by atoms with Crippen molar-refractivity contribution in [3.8, 4) is 5.75 Å². The first kappa shape index (κ1) is 30.5. The molecule has 1 saturated heterocycles. The molecule has 1 amide bonds. The summed E-state index contributed by atoms with van der Waals surface area (Å²) < 4.78 is 21.7. The fraction of sp³-hybridized carbons (Fsp3) is 0.118. The van der Waals surface area contributed by atoms with E-state index in [1.165, 1.54) is 30.0 Å². The van der Waals surface area contributed by atoms with Gasteiger partial charge in [-0.2, -0.15) is 0 Å². The summed E-state index contributed by atoms with van der Waals surface area (Å²) in [6, 6.07) is 26.4. The van der Waals surface area contributed by atoms with Crippen molar-refractivity contribution in [1.82, 2.24) is 10.2 Å². The monoisotopic (exact) mass is 657 g/mol. The number of carbonyl (C=O) groups is 2. The molecule has 1 fully saturated rings. The molecule has 0 radical (unpaired) electrons. The Bertz CT molecular complexity index is 1910. The number of hydrogen-bond acceptors (Lipinski definition) is 8. The van der Waals surface area contributed by atoms with Crippen LogP contribution in [0.5, 0.6) is 5.75 Å². The predicted molar refractivity (Wildman–Crippen MR) is 174 cm³/mol. The Labute approximate surface area is 272 Å². The quantitative estimate of drug-likeness (QED) is 0.0562. The number of aryl methyl sites for hydroxylation is 1. The number of halogens is 2. The lowest BCUT2D eigenvalue weighted by Crippen LogP contribution is -2.29. The average Bonchev–Trinajstić information content (AvgIpc) is 3.61. The number of hydrogen-bond donors (Lipinski definition) is 1. The van der Waals surface area contributed by atoms with Crippen molar-refractivity contribution >= 4 is 57.3 Å². The first-order chi connectivity index (χ1) is 21.8. The van der Waals surface area contributed by atoms with E-state index in [2.05, 4.69) is 10.2 Å². The third kappa shape index (κ3) is 6.63. The highest BCUT2D eigenvalue weighted by molar-refractivity contribution is 8.00. The number of aliphatic hydroxyl groups is 1. The largest absolute Gasteiger partial charge is 0.507 e. The van der Waals surface area contributed by atoms with Gasteiger partial charge < -0.3 is 9.84 Å². The van der Waals surface area contributed by atoms with Crippen molar-refractivity contribution in [3.05, 3.63) is 141 Å². The number of aliphatic hydroxyl groups excluding tert-OH is 1. The summed E-state index contributed by atoms with van der Waals surface area (Å²) in [5.41, 5.74) is 3.22. The maximum Gasteiger partial charge on any atom is 0.301 e. The average molecular weight is 658 g/mol. The van der Waals surface area contributed by atoms with Crippen molar-refractivity contribution < 1.29 is 23.8 Å². The zero-order valence-electron chi connectivity index (χ0n) is 23.8. The number of carbonyl (C=O) groups excluding carboxylic acids is 2. The lowest BCUT2D eigenvalue weighted by atomic mass is 9.95. The molecule has 0 aliphatic carbocycles. The van der Waals surface area contributed by atoms with Gasteiger partial charge in [0.2, 0.25) is 5.13 Å². The summed E-state index contributed by atoms with van der Waals surface area (Å²) >= 11 is 8.48. The van der Waals surface area contributed by atoms with Crippen LogP contribution in [-0.2, 0) is 21.9 Å². The molecule has 2 heterocycles. The molecule has 1 aliphatic rings. The van der Waals surface area contributed by atoms with E-state index in [4.69, 9.17) is 16.3 Å². The standard InChI is InChI=1S/C34H25ClFN3O4S2/c1-20-5-4-6-22(17-20)18-43-25-15-11-23(12-16-25)30(40)28-29(26-7-2-3-8-27(26)36)39(32(42)31(28)41)33-37-38-34(45-33)44-19-21-9-13-24(35)14-10-21/h2-17,29,40H,18-19H2,1H3/b30-28+. The SMILES string of the molecule is Cc1cccc(COc2ccc(/C(O)=C3\C(=O)C(=O)N(c4nnc(SCc5ccc(Cl)cc5)s4)C3c3ccccc3F)cc2)c1. The third-order valence-corrected chi connectivity index (χ3v) is 9.52. The summed E-state index contributed by atoms with van der Waals surface area (Å²) in [6.07, 6.45) is 0. The second-order valence-electron chi connectivity index (χ2n) is 10.3. The molecule has 226 valence electrons. The number of thioether (sulfide) groups is 1. The molecular formula is C34H25ClFN3O4S2. The summed E-state index contributed by atoms with van der Waals surface area (Å²) in [4.78, 5) is 28.1. The number of anilines is 1. The highest BCUT2D eigenvalue weighted by Gasteiger charge is 2.49. The Morgan fingerprint density at radius 1 is 0.978 bits per heavy atom. The Balaban J connectivity index is 1.30. The van der Waals surface area contributed by atoms with Crippen molar-refractivity contribution in [2.24, 2.45) is 0 Å². The highest BCUT2D eigenvalue weighted by Crippen LogP contribution is 2.44. The van der Waals surface area contributed by atoms with E-state index in [0.717, 1.165) is 32.9 Å². The molecule has 1 aromatic heterocycles. The van der Waals surface area contributed by atoms with Crippen LogP contribution >= 0.6 is 34.7 Å². The second kappa shape index (κ2) is 13.2. The van der Waals surface area contributed by atoms with Crippen LogP contribution in [0.3, 0.4) is 0 Å². The molecule has 11 heteroatoms. The van der Waals surface area contributed by atoms with Crippen LogP contribution in [0.15, 0.2) is 107 Å². The molecule has 0 bridgehead atoms. The summed E-state index contributed by atoms with van der Waals surface area (Å²) in [5, 5.41) is 20.6. The van der Waals surface area contributed by atoms with Crippen molar-refractivity contribution in [3.63, 3.8) is 0 Å². The zero-order chi connectivity index (χ0) is 31.5. The predicted octanol–water partition coefficient (Wildman–Crippen LogP) is 8.14. The molecule has 6 rings (SSSR count). The van der Waals surface area contributed by atoms with E-state index in [0.29, 0.717) is 27.5 Å². The molecule has 1 unspecified atom stereocenters. The molecule has 45 heavy (non-hydrogen) atoms. The van der Waals surface area contributed by atoms with Crippen molar-refractivity contribution in [2.45, 2.75) is 29.7 Å². The van der Waals surface area contributed by atoms with E-state index in [1.807, 2.05) is 43.3 Å². The topological polar surface area (TPSA) is 92.6 Å². The number of aromatic nitrogens is 2. The van der Waals surface area contributed by atoms with E-state index >= 15 is 4.39 Å². The number of Topliss-reactive ketones (excluding diaryl/α,β-unsaturated/α-hetero) is 1. The minimum absolute atomic E-state index is 0.0434. The van der Waals surface area contributed by atoms with Crippen molar-refractivity contribution in [1.29, 1.82) is 0 Å². The lowest BCUT2D eigenvalue weighted by Gasteiger charge is -2.22. The molecule has 1 N–H and O–H groups in total. The van der Waals surface area contributed by atoms with E-state index in [1.54, 1.807) is 42.5 Å². The smallest absolute Gasteiger partial charge is 0.301 e. The van der Waals surface area contributed by atoms with Gasteiger partial charge in [0.1, 0.15) is 30.0 Å². The number of benzene rings is 4. The minimum atomic E-state index is -1.26. The van der Waals surface area contributed by atoms with Gasteiger partial charge in [0.05, 0.1) is 5.57 Å². The van der Waals surface area contributed by atoms with E-state index in [9.17, 15) is 14.7 Å². The Kier molecular flexibility index (Phi) is 8.97. The van der Waals surface area contributed by atoms with Crippen molar-refractivity contribution in [2.75, 3.05) is 4.90 Å². The third-order valence-electron chi connectivity index (χ3n) is 7.14. The molecule has 0 spiro atoms. The van der Waals surface area contributed by atoms with E-state index < -0.39 is 29.3 Å². The van der Waals surface area contributed by atoms with Crippen LogP contribution in [0.1, 0.15) is 33.9 Å². The van der Waals surface area contributed by atoms with Crippen LogP contribution in [0.4, 0.5) is 9.52 Å².